The highest BCUT2D eigenvalue weighted by molar-refractivity contribution is 9.11. The minimum absolute atomic E-state index is 0.495. The van der Waals surface area contributed by atoms with Gasteiger partial charge in [-0.25, -0.2) is 0 Å². The monoisotopic (exact) mass is 292 g/mol. The summed E-state index contributed by atoms with van der Waals surface area (Å²) in [6, 6.07) is 1.95. The second-order valence-corrected chi connectivity index (χ2v) is 5.25. The van der Waals surface area contributed by atoms with Gasteiger partial charge < -0.3 is 4.42 Å². The number of rotatable bonds is 3. The van der Waals surface area contributed by atoms with Gasteiger partial charge in [-0.3, -0.25) is 0 Å². The van der Waals surface area contributed by atoms with Crippen LogP contribution in [0.3, 0.4) is 0 Å². The summed E-state index contributed by atoms with van der Waals surface area (Å²) in [5, 5.41) is 9.77. The third-order valence-electron chi connectivity index (χ3n) is 1.59. The lowest BCUT2D eigenvalue weighted by Crippen LogP contribution is -1.84. The van der Waals surface area contributed by atoms with Crippen LogP contribution in [0.4, 0.5) is 0 Å². The number of nitrogens with zero attached hydrogens (tertiary/aromatic N) is 2. The third-order valence-corrected chi connectivity index (χ3v) is 3.28. The van der Waals surface area contributed by atoms with E-state index in [0.717, 1.165) is 9.35 Å². The Morgan fingerprint density at radius 1 is 1.50 bits per heavy atom. The molecule has 0 aliphatic rings. The first-order valence-electron chi connectivity index (χ1n) is 3.92. The Kier molecular flexibility index (Phi) is 3.20. The van der Waals surface area contributed by atoms with Gasteiger partial charge in [-0.1, -0.05) is 0 Å². The van der Waals surface area contributed by atoms with Gasteiger partial charge in [-0.15, -0.1) is 33.1 Å². The van der Waals surface area contributed by atoms with Crippen molar-refractivity contribution in [2.45, 2.75) is 6.42 Å². The zero-order chi connectivity index (χ0) is 9.97. The zero-order valence-electron chi connectivity index (χ0n) is 7.04. The van der Waals surface area contributed by atoms with E-state index in [4.69, 9.17) is 16.0 Å². The van der Waals surface area contributed by atoms with Crippen molar-refractivity contribution in [1.29, 1.82) is 0 Å². The summed E-state index contributed by atoms with van der Waals surface area (Å²) in [7, 11) is 0. The molecule has 0 bridgehead atoms. The van der Waals surface area contributed by atoms with Crippen molar-refractivity contribution in [1.82, 2.24) is 10.2 Å². The van der Waals surface area contributed by atoms with Gasteiger partial charge in [0, 0.05) is 17.7 Å². The zero-order valence-corrected chi connectivity index (χ0v) is 10.2. The number of hydrogen-bond acceptors (Lipinski definition) is 4. The standard InChI is InChI=1S/C8H6BrClN2OS/c9-6-3-5(4-14-6)8-12-11-7(13-8)1-2-10/h3-4H,1-2H2. The van der Waals surface area contributed by atoms with E-state index in [1.54, 1.807) is 11.3 Å². The average molecular weight is 294 g/mol. The van der Waals surface area contributed by atoms with Crippen molar-refractivity contribution in [2.75, 3.05) is 5.88 Å². The molecule has 0 fully saturated rings. The maximum atomic E-state index is 5.56. The summed E-state index contributed by atoms with van der Waals surface area (Å²) in [6.07, 6.45) is 0.611. The van der Waals surface area contributed by atoms with Crippen LogP contribution in [-0.2, 0) is 6.42 Å². The Labute approximate surface area is 98.2 Å². The summed E-state index contributed by atoms with van der Waals surface area (Å²) in [6.45, 7) is 0. The maximum absolute atomic E-state index is 5.56. The molecule has 6 heteroatoms. The van der Waals surface area contributed by atoms with Crippen molar-refractivity contribution < 1.29 is 4.42 Å². The number of aryl methyl sites for hydroxylation is 1. The number of aromatic nitrogens is 2. The molecule has 0 spiro atoms. The second kappa shape index (κ2) is 4.42. The SMILES string of the molecule is ClCCc1nnc(-c2csc(Br)c2)o1. The summed E-state index contributed by atoms with van der Waals surface area (Å²) in [4.78, 5) is 0. The lowest BCUT2D eigenvalue weighted by Gasteiger charge is -1.86. The van der Waals surface area contributed by atoms with Crippen LogP contribution in [0, 0.1) is 0 Å². The summed E-state index contributed by atoms with van der Waals surface area (Å²) in [5.74, 6) is 1.62. The summed E-state index contributed by atoms with van der Waals surface area (Å²) in [5.41, 5.74) is 0.940. The van der Waals surface area contributed by atoms with Crippen LogP contribution in [0.25, 0.3) is 11.5 Å². The molecule has 0 radical (unpaired) electrons. The Morgan fingerprint density at radius 2 is 2.36 bits per heavy atom. The minimum atomic E-state index is 0.495. The molecule has 0 saturated carbocycles. The van der Waals surface area contributed by atoms with E-state index in [1.807, 2.05) is 11.4 Å². The van der Waals surface area contributed by atoms with E-state index >= 15 is 0 Å². The Balaban J connectivity index is 2.24. The molecule has 0 unspecified atom stereocenters. The van der Waals surface area contributed by atoms with E-state index in [2.05, 4.69) is 26.1 Å². The Bertz CT molecular complexity index is 428. The largest absolute Gasteiger partial charge is 0.421 e. The molecule has 2 rings (SSSR count). The molecule has 2 aromatic heterocycles. The first-order chi connectivity index (χ1) is 6.79. The van der Waals surface area contributed by atoms with Crippen molar-refractivity contribution in [3.05, 3.63) is 21.1 Å². The maximum Gasteiger partial charge on any atom is 0.248 e. The molecule has 0 N–H and O–H groups in total. The van der Waals surface area contributed by atoms with E-state index in [1.165, 1.54) is 0 Å². The van der Waals surface area contributed by atoms with Crippen LogP contribution in [0.1, 0.15) is 5.89 Å². The lowest BCUT2D eigenvalue weighted by molar-refractivity contribution is 0.514. The first kappa shape index (κ1) is 10.1. The second-order valence-electron chi connectivity index (χ2n) is 2.58. The number of thiophene rings is 1. The van der Waals surface area contributed by atoms with Crippen molar-refractivity contribution >= 4 is 38.9 Å². The highest BCUT2D eigenvalue weighted by Crippen LogP contribution is 2.28. The van der Waals surface area contributed by atoms with Crippen LogP contribution in [0.15, 0.2) is 19.6 Å². The van der Waals surface area contributed by atoms with E-state index in [0.29, 0.717) is 24.1 Å². The molecule has 74 valence electrons. The van der Waals surface area contributed by atoms with Crippen LogP contribution >= 0.6 is 38.9 Å². The third kappa shape index (κ3) is 2.16. The Hall–Kier alpha value is -0.390. The highest BCUT2D eigenvalue weighted by Gasteiger charge is 2.09. The first-order valence-corrected chi connectivity index (χ1v) is 6.13. The van der Waals surface area contributed by atoms with Crippen molar-refractivity contribution in [2.24, 2.45) is 0 Å². The molecule has 0 saturated heterocycles. The fourth-order valence-electron chi connectivity index (χ4n) is 0.974. The molecule has 0 atom stereocenters. The summed E-state index contributed by atoms with van der Waals surface area (Å²) >= 11 is 10.5. The molecule has 2 heterocycles. The van der Waals surface area contributed by atoms with Gasteiger partial charge in [-0.05, 0) is 22.0 Å². The fourth-order valence-corrected chi connectivity index (χ4v) is 2.27. The fraction of sp³-hybridized carbons (Fsp3) is 0.250. The lowest BCUT2D eigenvalue weighted by atomic mass is 10.3. The highest BCUT2D eigenvalue weighted by atomic mass is 79.9. The predicted octanol–water partition coefficient (Wildman–Crippen LogP) is 3.34. The summed E-state index contributed by atoms with van der Waals surface area (Å²) < 4.78 is 6.45. The van der Waals surface area contributed by atoms with Crippen LogP contribution in [-0.4, -0.2) is 16.1 Å². The van der Waals surface area contributed by atoms with Gasteiger partial charge in [0.25, 0.3) is 0 Å². The van der Waals surface area contributed by atoms with Crippen molar-refractivity contribution in [3.63, 3.8) is 0 Å². The van der Waals surface area contributed by atoms with Crippen LogP contribution < -0.4 is 0 Å². The molecular formula is C8H6BrClN2OS. The van der Waals surface area contributed by atoms with E-state index in [-0.39, 0.29) is 0 Å². The van der Waals surface area contributed by atoms with E-state index in [9.17, 15) is 0 Å². The molecule has 0 aromatic carbocycles. The normalized spacial score (nSPS) is 10.7. The number of alkyl halides is 1. The molecule has 0 aliphatic carbocycles. The Morgan fingerprint density at radius 3 is 3.00 bits per heavy atom. The van der Waals surface area contributed by atoms with Gasteiger partial charge >= 0.3 is 0 Å². The number of halogens is 2. The molecular weight excluding hydrogens is 288 g/mol. The van der Waals surface area contributed by atoms with Crippen LogP contribution in [0.2, 0.25) is 0 Å². The topological polar surface area (TPSA) is 38.9 Å². The molecule has 0 amide bonds. The van der Waals surface area contributed by atoms with Gasteiger partial charge in [0.2, 0.25) is 11.8 Å². The molecule has 0 aliphatic heterocycles. The minimum Gasteiger partial charge on any atom is -0.421 e. The van der Waals surface area contributed by atoms with Gasteiger partial charge in [0.15, 0.2) is 0 Å². The van der Waals surface area contributed by atoms with Gasteiger partial charge in [0.05, 0.1) is 9.35 Å². The van der Waals surface area contributed by atoms with E-state index < -0.39 is 0 Å². The van der Waals surface area contributed by atoms with Gasteiger partial charge in [-0.2, -0.15) is 0 Å². The predicted molar refractivity (Wildman–Crippen MR) is 59.7 cm³/mol. The number of hydrogen-bond donors (Lipinski definition) is 0. The average Bonchev–Trinajstić information content (AvgIpc) is 2.74. The smallest absolute Gasteiger partial charge is 0.248 e. The molecule has 3 nitrogen and oxygen atoms in total. The van der Waals surface area contributed by atoms with Gasteiger partial charge in [0.1, 0.15) is 0 Å². The van der Waals surface area contributed by atoms with Crippen molar-refractivity contribution in [3.8, 4) is 11.5 Å². The quantitative estimate of drug-likeness (QED) is 0.815. The molecule has 14 heavy (non-hydrogen) atoms. The molecule has 2 aromatic rings. The van der Waals surface area contributed by atoms with Crippen LogP contribution in [0.5, 0.6) is 0 Å².